The summed E-state index contributed by atoms with van der Waals surface area (Å²) in [6, 6.07) is 13.7. The molecule has 0 fully saturated rings. The quantitative estimate of drug-likeness (QED) is 0.487. The number of aromatic nitrogens is 2. The van der Waals surface area contributed by atoms with Crippen molar-refractivity contribution in [3.63, 3.8) is 0 Å². The van der Waals surface area contributed by atoms with E-state index in [-0.39, 0.29) is 5.91 Å². The lowest BCUT2D eigenvalue weighted by atomic mass is 10.1. The monoisotopic (exact) mass is 455 g/mol. The summed E-state index contributed by atoms with van der Waals surface area (Å²) in [7, 11) is 0. The number of aryl methyl sites for hydroxylation is 4. The van der Waals surface area contributed by atoms with E-state index in [1.54, 1.807) is 0 Å². The van der Waals surface area contributed by atoms with Gasteiger partial charge < -0.3 is 10.1 Å². The maximum Gasteiger partial charge on any atom is 0.251 e. The van der Waals surface area contributed by atoms with Crippen LogP contribution in [0.25, 0.3) is 0 Å². The van der Waals surface area contributed by atoms with Gasteiger partial charge in [0.15, 0.2) is 0 Å². The molecule has 3 aromatic rings. The van der Waals surface area contributed by atoms with Gasteiger partial charge in [-0.05, 0) is 72.4 Å². The number of ether oxygens (including phenoxy) is 1. The van der Waals surface area contributed by atoms with Gasteiger partial charge >= 0.3 is 0 Å². The first-order chi connectivity index (χ1) is 13.9. The average molecular weight is 456 g/mol. The maximum atomic E-state index is 12.5. The normalized spacial score (nSPS) is 10.8. The number of nitrogens with one attached hydrogen (secondary N) is 1. The third-order valence-corrected chi connectivity index (χ3v) is 5.43. The largest absolute Gasteiger partial charge is 0.489 e. The highest BCUT2D eigenvalue weighted by atomic mass is 79.9. The van der Waals surface area contributed by atoms with Crippen molar-refractivity contribution in [2.45, 2.75) is 40.3 Å². The van der Waals surface area contributed by atoms with Gasteiger partial charge in [-0.1, -0.05) is 29.8 Å². The summed E-state index contributed by atoms with van der Waals surface area (Å²) in [6.07, 6.45) is 2.77. The van der Waals surface area contributed by atoms with Crippen molar-refractivity contribution in [3.05, 3.63) is 81.1 Å². The number of hydrogen-bond donors (Lipinski definition) is 1. The number of rotatable bonds is 8. The van der Waals surface area contributed by atoms with Gasteiger partial charge in [0.1, 0.15) is 12.4 Å². The molecule has 5 nitrogen and oxygen atoms in total. The van der Waals surface area contributed by atoms with Gasteiger partial charge in [-0.25, -0.2) is 0 Å². The first-order valence-corrected chi connectivity index (χ1v) is 10.5. The maximum absolute atomic E-state index is 12.5. The molecule has 29 heavy (non-hydrogen) atoms. The Labute approximate surface area is 180 Å². The second-order valence-corrected chi connectivity index (χ2v) is 8.05. The third kappa shape index (κ3) is 5.94. The molecule has 1 amide bonds. The van der Waals surface area contributed by atoms with Gasteiger partial charge in [-0.15, -0.1) is 0 Å². The lowest BCUT2D eigenvalue weighted by Gasteiger charge is -2.11. The zero-order valence-electron chi connectivity index (χ0n) is 17.0. The van der Waals surface area contributed by atoms with Gasteiger partial charge in [-0.3, -0.25) is 9.48 Å². The lowest BCUT2D eigenvalue weighted by molar-refractivity contribution is 0.0952. The topological polar surface area (TPSA) is 56.1 Å². The molecule has 0 aliphatic heterocycles. The summed E-state index contributed by atoms with van der Waals surface area (Å²) < 4.78 is 8.81. The van der Waals surface area contributed by atoms with Crippen molar-refractivity contribution >= 4 is 21.8 Å². The van der Waals surface area contributed by atoms with E-state index < -0.39 is 0 Å². The van der Waals surface area contributed by atoms with E-state index in [2.05, 4.69) is 39.3 Å². The van der Waals surface area contributed by atoms with Gasteiger partial charge in [0, 0.05) is 24.8 Å². The number of carbonyl (C=O) groups excluding carboxylic acids is 1. The van der Waals surface area contributed by atoms with Crippen molar-refractivity contribution in [1.29, 1.82) is 0 Å². The molecular formula is C23H26BrN3O2. The molecule has 0 aliphatic rings. The number of amides is 1. The van der Waals surface area contributed by atoms with E-state index in [9.17, 15) is 4.79 Å². The summed E-state index contributed by atoms with van der Waals surface area (Å²) in [6.45, 7) is 7.84. The minimum Gasteiger partial charge on any atom is -0.489 e. The van der Waals surface area contributed by atoms with Crippen LogP contribution in [0.5, 0.6) is 5.75 Å². The minimum atomic E-state index is -0.0730. The highest BCUT2D eigenvalue weighted by Gasteiger charge is 2.07. The fraction of sp³-hybridized carbons (Fsp3) is 0.304. The Kier molecular flexibility index (Phi) is 7.09. The molecule has 152 valence electrons. The second kappa shape index (κ2) is 9.74. The van der Waals surface area contributed by atoms with Crippen molar-refractivity contribution in [2.24, 2.45) is 0 Å². The summed E-state index contributed by atoms with van der Waals surface area (Å²) in [5, 5.41) is 7.37. The predicted octanol–water partition coefficient (Wildman–Crippen LogP) is 4.97. The fourth-order valence-electron chi connectivity index (χ4n) is 3.08. The average Bonchev–Trinajstić information content (AvgIpc) is 3.02. The van der Waals surface area contributed by atoms with E-state index in [0.717, 1.165) is 40.0 Å². The molecule has 1 aromatic heterocycles. The molecule has 0 radical (unpaired) electrons. The van der Waals surface area contributed by atoms with E-state index in [0.29, 0.717) is 18.7 Å². The predicted molar refractivity (Wildman–Crippen MR) is 118 cm³/mol. The molecule has 0 saturated carbocycles. The van der Waals surface area contributed by atoms with Crippen LogP contribution in [0.3, 0.4) is 0 Å². The van der Waals surface area contributed by atoms with Crippen molar-refractivity contribution in [3.8, 4) is 5.75 Å². The minimum absolute atomic E-state index is 0.0730. The molecule has 0 saturated heterocycles. The van der Waals surface area contributed by atoms with Crippen LogP contribution in [0.15, 0.2) is 53.1 Å². The van der Waals surface area contributed by atoms with Crippen LogP contribution in [0, 0.1) is 20.8 Å². The number of benzene rings is 2. The highest BCUT2D eigenvalue weighted by Crippen LogP contribution is 2.20. The molecule has 2 aromatic carbocycles. The lowest BCUT2D eigenvalue weighted by Crippen LogP contribution is -2.25. The van der Waals surface area contributed by atoms with Gasteiger partial charge in [0.25, 0.3) is 5.91 Å². The first-order valence-electron chi connectivity index (χ1n) is 9.69. The third-order valence-electron chi connectivity index (χ3n) is 4.65. The standard InChI is InChI=1S/C23H26BrN3O2/c1-16-8-9-22(17(2)12-16)29-15-19-6-4-7-20(13-19)23(28)25-10-5-11-27-14-21(24)18(3)26-27/h4,6-9,12-14H,5,10-11,15H2,1-3H3,(H,25,28). The van der Waals surface area contributed by atoms with Crippen molar-refractivity contribution in [2.75, 3.05) is 6.54 Å². The molecule has 6 heteroatoms. The highest BCUT2D eigenvalue weighted by molar-refractivity contribution is 9.10. The van der Waals surface area contributed by atoms with Crippen molar-refractivity contribution < 1.29 is 9.53 Å². The Morgan fingerprint density at radius 3 is 2.72 bits per heavy atom. The van der Waals surface area contributed by atoms with Crippen LogP contribution in [0.4, 0.5) is 0 Å². The van der Waals surface area contributed by atoms with Crippen LogP contribution in [0.2, 0.25) is 0 Å². The van der Waals surface area contributed by atoms with Crippen LogP contribution >= 0.6 is 15.9 Å². The van der Waals surface area contributed by atoms with Gasteiger partial charge in [0.2, 0.25) is 0 Å². The Morgan fingerprint density at radius 2 is 2.00 bits per heavy atom. The van der Waals surface area contributed by atoms with E-state index in [1.807, 2.05) is 61.1 Å². The van der Waals surface area contributed by atoms with E-state index in [1.165, 1.54) is 5.56 Å². The van der Waals surface area contributed by atoms with Crippen molar-refractivity contribution in [1.82, 2.24) is 15.1 Å². The number of hydrogen-bond acceptors (Lipinski definition) is 3. The van der Waals surface area contributed by atoms with Crippen LogP contribution in [-0.2, 0) is 13.2 Å². The van der Waals surface area contributed by atoms with Crippen LogP contribution < -0.4 is 10.1 Å². The SMILES string of the molecule is Cc1ccc(OCc2cccc(C(=O)NCCCn3cc(Br)c(C)n3)c2)c(C)c1. The summed E-state index contributed by atoms with van der Waals surface area (Å²) >= 11 is 3.46. The molecule has 0 spiro atoms. The molecule has 0 atom stereocenters. The Morgan fingerprint density at radius 1 is 1.17 bits per heavy atom. The Hall–Kier alpha value is -2.60. The van der Waals surface area contributed by atoms with Crippen LogP contribution in [0.1, 0.15) is 39.2 Å². The molecule has 0 aliphatic carbocycles. The molecule has 3 rings (SSSR count). The number of halogens is 1. The first kappa shape index (κ1) is 21.1. The fourth-order valence-corrected chi connectivity index (χ4v) is 3.39. The Bertz CT molecular complexity index is 978. The van der Waals surface area contributed by atoms with E-state index >= 15 is 0 Å². The Balaban J connectivity index is 1.49. The zero-order chi connectivity index (χ0) is 20.8. The number of carbonyl (C=O) groups is 1. The van der Waals surface area contributed by atoms with Gasteiger partial charge in [0.05, 0.1) is 10.2 Å². The second-order valence-electron chi connectivity index (χ2n) is 7.19. The van der Waals surface area contributed by atoms with Gasteiger partial charge in [-0.2, -0.15) is 5.10 Å². The molecule has 1 heterocycles. The smallest absolute Gasteiger partial charge is 0.251 e. The van der Waals surface area contributed by atoms with E-state index in [4.69, 9.17) is 4.74 Å². The zero-order valence-corrected chi connectivity index (χ0v) is 18.6. The molecular weight excluding hydrogens is 430 g/mol. The summed E-state index contributed by atoms with van der Waals surface area (Å²) in [5.74, 6) is 0.794. The molecule has 0 unspecified atom stereocenters. The molecule has 1 N–H and O–H groups in total. The van der Waals surface area contributed by atoms with Crippen LogP contribution in [-0.4, -0.2) is 22.2 Å². The summed E-state index contributed by atoms with van der Waals surface area (Å²) in [4.78, 5) is 12.5. The number of nitrogens with zero attached hydrogens (tertiary/aromatic N) is 2. The summed E-state index contributed by atoms with van der Waals surface area (Å²) in [5.41, 5.74) is 4.90. The molecule has 0 bridgehead atoms.